The van der Waals surface area contributed by atoms with E-state index < -0.39 is 0 Å². The highest BCUT2D eigenvalue weighted by Crippen LogP contribution is 2.21. The van der Waals surface area contributed by atoms with E-state index in [-0.39, 0.29) is 11.6 Å². The molecule has 0 heterocycles. The summed E-state index contributed by atoms with van der Waals surface area (Å²) < 4.78 is 13.0. The third-order valence-electron chi connectivity index (χ3n) is 2.90. The van der Waals surface area contributed by atoms with Gasteiger partial charge in [-0.1, -0.05) is 18.6 Å². The third-order valence-corrected chi connectivity index (χ3v) is 2.90. The first-order valence-corrected chi connectivity index (χ1v) is 5.75. The highest BCUT2D eigenvalue weighted by Gasteiger charge is 2.13. The summed E-state index contributed by atoms with van der Waals surface area (Å²) in [7, 11) is 0. The van der Waals surface area contributed by atoms with Crippen molar-refractivity contribution in [2.75, 3.05) is 0 Å². The number of Topliss-reactive ketones (excluding diaryl/α,β-unsaturated/α-hetero) is 1. The van der Waals surface area contributed by atoms with Crippen LogP contribution in [0.2, 0.25) is 0 Å². The summed E-state index contributed by atoms with van der Waals surface area (Å²) in [6.07, 6.45) is 6.46. The van der Waals surface area contributed by atoms with Gasteiger partial charge in [0.15, 0.2) is 5.78 Å². The molecule has 0 spiro atoms. The van der Waals surface area contributed by atoms with E-state index in [1.54, 1.807) is 6.07 Å². The van der Waals surface area contributed by atoms with E-state index in [0.717, 1.165) is 36.8 Å². The lowest BCUT2D eigenvalue weighted by atomic mass is 10.0. The zero-order valence-electron chi connectivity index (χ0n) is 9.21. The Morgan fingerprint density at radius 2 is 1.94 bits per heavy atom. The van der Waals surface area contributed by atoms with Gasteiger partial charge in [0.05, 0.1) is 0 Å². The number of carbonyl (C=O) groups excluding carboxylic acids is 1. The highest BCUT2D eigenvalue weighted by atomic mass is 19.1. The second kappa shape index (κ2) is 5.06. The molecule has 0 aliphatic heterocycles. The van der Waals surface area contributed by atoms with Gasteiger partial charge < -0.3 is 0 Å². The number of benzene rings is 1. The number of rotatable bonds is 1. The lowest BCUT2D eigenvalue weighted by Crippen LogP contribution is -1.99. The van der Waals surface area contributed by atoms with Gasteiger partial charge in [-0.15, -0.1) is 0 Å². The van der Waals surface area contributed by atoms with Crippen LogP contribution in [0.15, 0.2) is 29.8 Å². The fourth-order valence-electron chi connectivity index (χ4n) is 2.03. The molecule has 0 atom stereocenters. The van der Waals surface area contributed by atoms with E-state index in [0.29, 0.717) is 6.42 Å². The van der Waals surface area contributed by atoms with E-state index in [4.69, 9.17) is 0 Å². The van der Waals surface area contributed by atoms with Crippen LogP contribution in [0.3, 0.4) is 0 Å². The lowest BCUT2D eigenvalue weighted by molar-refractivity contribution is -0.115. The van der Waals surface area contributed by atoms with Crippen molar-refractivity contribution in [2.45, 2.75) is 32.1 Å². The maximum Gasteiger partial charge on any atom is 0.158 e. The zero-order valence-corrected chi connectivity index (χ0v) is 9.21. The predicted molar refractivity (Wildman–Crippen MR) is 62.5 cm³/mol. The van der Waals surface area contributed by atoms with Gasteiger partial charge in [0.2, 0.25) is 0 Å². The molecule has 0 bridgehead atoms. The van der Waals surface area contributed by atoms with Crippen molar-refractivity contribution in [1.82, 2.24) is 0 Å². The molecule has 1 nitrogen and oxygen atoms in total. The maximum absolute atomic E-state index is 13.0. The van der Waals surface area contributed by atoms with E-state index in [1.807, 2.05) is 12.1 Å². The maximum atomic E-state index is 13.0. The average Bonchev–Trinajstić information content (AvgIpc) is 2.45. The normalized spacial score (nSPS) is 19.8. The predicted octanol–water partition coefficient (Wildman–Crippen LogP) is 3.74. The van der Waals surface area contributed by atoms with Crippen molar-refractivity contribution in [3.63, 3.8) is 0 Å². The molecule has 1 fully saturated rings. The van der Waals surface area contributed by atoms with Crippen LogP contribution in [0.1, 0.15) is 37.7 Å². The number of halogens is 1. The molecule has 1 saturated carbocycles. The van der Waals surface area contributed by atoms with Crippen LogP contribution >= 0.6 is 0 Å². The minimum atomic E-state index is -0.254. The molecule has 0 saturated heterocycles. The molecule has 2 heteroatoms. The summed E-state index contributed by atoms with van der Waals surface area (Å²) in [5, 5.41) is 0. The topological polar surface area (TPSA) is 17.1 Å². The number of allylic oxidation sites excluding steroid dienone is 1. The Balaban J connectivity index is 2.24. The second-order valence-electron chi connectivity index (χ2n) is 4.21. The van der Waals surface area contributed by atoms with Crippen molar-refractivity contribution in [3.8, 4) is 0 Å². The minimum absolute atomic E-state index is 0.224. The monoisotopic (exact) mass is 218 g/mol. The molecule has 1 aromatic carbocycles. The van der Waals surface area contributed by atoms with Crippen LogP contribution in [-0.2, 0) is 4.79 Å². The Hall–Kier alpha value is -1.44. The van der Waals surface area contributed by atoms with Crippen LogP contribution in [0, 0.1) is 5.82 Å². The lowest BCUT2D eigenvalue weighted by Gasteiger charge is -2.01. The van der Waals surface area contributed by atoms with Gasteiger partial charge in [-0.05, 0) is 48.6 Å². The van der Waals surface area contributed by atoms with Crippen molar-refractivity contribution in [2.24, 2.45) is 0 Å². The first kappa shape index (κ1) is 11.1. The van der Waals surface area contributed by atoms with Gasteiger partial charge in [-0.25, -0.2) is 4.39 Å². The van der Waals surface area contributed by atoms with E-state index in [1.165, 1.54) is 12.1 Å². The fraction of sp³-hybridized carbons (Fsp3) is 0.357. The Morgan fingerprint density at radius 1 is 1.12 bits per heavy atom. The Kier molecular flexibility index (Phi) is 3.50. The molecule has 84 valence electrons. The zero-order chi connectivity index (χ0) is 11.4. The molecule has 16 heavy (non-hydrogen) atoms. The molecule has 0 radical (unpaired) electrons. The first-order valence-electron chi connectivity index (χ1n) is 5.75. The smallest absolute Gasteiger partial charge is 0.158 e. The largest absolute Gasteiger partial charge is 0.295 e. The number of ketones is 1. The average molecular weight is 218 g/mol. The summed E-state index contributed by atoms with van der Waals surface area (Å²) >= 11 is 0. The van der Waals surface area contributed by atoms with E-state index in [2.05, 4.69) is 0 Å². The van der Waals surface area contributed by atoms with Gasteiger partial charge in [-0.2, -0.15) is 0 Å². The Labute approximate surface area is 95.0 Å². The summed E-state index contributed by atoms with van der Waals surface area (Å²) in [6, 6.07) is 6.37. The number of carbonyl (C=O) groups is 1. The van der Waals surface area contributed by atoms with Gasteiger partial charge >= 0.3 is 0 Å². The summed E-state index contributed by atoms with van der Waals surface area (Å²) in [5.74, 6) is -0.0304. The van der Waals surface area contributed by atoms with Crippen LogP contribution in [-0.4, -0.2) is 5.78 Å². The van der Waals surface area contributed by atoms with E-state index in [9.17, 15) is 9.18 Å². The van der Waals surface area contributed by atoms with Gasteiger partial charge in [-0.3, -0.25) is 4.79 Å². The first-order chi connectivity index (χ1) is 7.75. The van der Waals surface area contributed by atoms with Crippen LogP contribution < -0.4 is 0 Å². The van der Waals surface area contributed by atoms with Gasteiger partial charge in [0.25, 0.3) is 0 Å². The van der Waals surface area contributed by atoms with Crippen LogP contribution in [0.4, 0.5) is 4.39 Å². The molecule has 0 unspecified atom stereocenters. The number of hydrogen-bond acceptors (Lipinski definition) is 1. The molecule has 0 aromatic heterocycles. The molecular formula is C14H15FO. The van der Waals surface area contributed by atoms with Gasteiger partial charge in [0, 0.05) is 6.42 Å². The molecule has 0 N–H and O–H groups in total. The summed E-state index contributed by atoms with van der Waals surface area (Å²) in [4.78, 5) is 11.7. The summed E-state index contributed by atoms with van der Waals surface area (Å²) in [6.45, 7) is 0. The quantitative estimate of drug-likeness (QED) is 0.518. The Bertz CT molecular complexity index is 420. The second-order valence-corrected chi connectivity index (χ2v) is 4.21. The standard InChI is InChI=1S/C14H15FO/c15-13-7-4-5-11(10-13)9-12-6-2-1-3-8-14(12)16/h4-5,7,9-10H,1-3,6,8H2/b12-9+. The fourth-order valence-corrected chi connectivity index (χ4v) is 2.03. The minimum Gasteiger partial charge on any atom is -0.295 e. The van der Waals surface area contributed by atoms with Crippen molar-refractivity contribution in [1.29, 1.82) is 0 Å². The summed E-state index contributed by atoms with van der Waals surface area (Å²) in [5.41, 5.74) is 1.63. The van der Waals surface area contributed by atoms with Gasteiger partial charge in [0.1, 0.15) is 5.82 Å². The van der Waals surface area contributed by atoms with Crippen molar-refractivity contribution >= 4 is 11.9 Å². The van der Waals surface area contributed by atoms with E-state index >= 15 is 0 Å². The Morgan fingerprint density at radius 3 is 2.75 bits per heavy atom. The van der Waals surface area contributed by atoms with Crippen molar-refractivity contribution < 1.29 is 9.18 Å². The SMILES string of the molecule is O=C1CCCCC/C1=C\c1cccc(F)c1. The molecule has 2 rings (SSSR count). The van der Waals surface area contributed by atoms with Crippen LogP contribution in [0.25, 0.3) is 6.08 Å². The highest BCUT2D eigenvalue weighted by molar-refractivity contribution is 5.99. The third kappa shape index (κ3) is 2.78. The molecule has 1 aromatic rings. The molecular weight excluding hydrogens is 203 g/mol. The number of hydrogen-bond donors (Lipinski definition) is 0. The van der Waals surface area contributed by atoms with Crippen molar-refractivity contribution in [3.05, 3.63) is 41.2 Å². The molecule has 1 aliphatic carbocycles. The van der Waals surface area contributed by atoms with Crippen LogP contribution in [0.5, 0.6) is 0 Å². The molecule has 1 aliphatic rings. The molecule has 0 amide bonds.